The van der Waals surface area contributed by atoms with Crippen molar-refractivity contribution in [1.82, 2.24) is 9.91 Å². The second-order valence-corrected chi connectivity index (χ2v) is 8.42. The Labute approximate surface area is 170 Å². The van der Waals surface area contributed by atoms with Gasteiger partial charge >= 0.3 is 12.0 Å². The number of carboxylic acid groups (broad SMARTS) is 1. The second-order valence-electron chi connectivity index (χ2n) is 8.42. The van der Waals surface area contributed by atoms with Crippen molar-refractivity contribution in [3.63, 3.8) is 0 Å². The van der Waals surface area contributed by atoms with Gasteiger partial charge in [0.15, 0.2) is 5.71 Å². The molecule has 2 heterocycles. The number of rotatable bonds is 4. The molecule has 1 saturated heterocycles. The number of hydrogen-bond acceptors (Lipinski definition) is 4. The minimum Gasteiger partial charge on any atom is -0.490 e. The molecule has 1 saturated carbocycles. The van der Waals surface area contributed by atoms with Crippen molar-refractivity contribution < 1.29 is 19.4 Å². The normalized spacial score (nSPS) is 25.9. The summed E-state index contributed by atoms with van der Waals surface area (Å²) in [7, 11) is 0. The van der Waals surface area contributed by atoms with Crippen LogP contribution in [0.1, 0.15) is 38.2 Å². The summed E-state index contributed by atoms with van der Waals surface area (Å²) in [4.78, 5) is 25.7. The largest absolute Gasteiger partial charge is 0.490 e. The molecule has 2 amide bonds. The molecule has 0 bridgehead atoms. The number of amides is 2. The van der Waals surface area contributed by atoms with Crippen LogP contribution in [-0.2, 0) is 4.79 Å². The van der Waals surface area contributed by atoms with E-state index in [2.05, 4.69) is 31.1 Å². The van der Waals surface area contributed by atoms with E-state index in [9.17, 15) is 9.59 Å². The first-order valence-corrected chi connectivity index (χ1v) is 10.2. The summed E-state index contributed by atoms with van der Waals surface area (Å²) in [5.74, 6) is 1.10. The number of aliphatic carboxylic acids is 1. The molecule has 0 spiro atoms. The maximum absolute atomic E-state index is 12.8. The van der Waals surface area contributed by atoms with Gasteiger partial charge in [-0.05, 0) is 54.4 Å². The highest BCUT2D eigenvalue weighted by Crippen LogP contribution is 2.40. The molecule has 3 atom stereocenters. The minimum absolute atomic E-state index is 0.110. The van der Waals surface area contributed by atoms with Gasteiger partial charge in [0.05, 0.1) is 12.6 Å². The van der Waals surface area contributed by atoms with Crippen LogP contribution in [-0.4, -0.2) is 58.5 Å². The average Bonchev–Trinajstić information content (AvgIpc) is 3.26. The predicted molar refractivity (Wildman–Crippen MR) is 109 cm³/mol. The summed E-state index contributed by atoms with van der Waals surface area (Å²) in [5.41, 5.74) is 1.16. The molecule has 1 aromatic carbocycles. The molecule has 0 radical (unpaired) electrons. The molecule has 7 heteroatoms. The fourth-order valence-corrected chi connectivity index (χ4v) is 4.50. The lowest BCUT2D eigenvalue weighted by molar-refractivity contribution is -0.129. The molecule has 29 heavy (non-hydrogen) atoms. The number of hydrogen-bond donors (Lipinski definition) is 1. The number of fused-ring (bicyclic) bond motifs is 1. The van der Waals surface area contributed by atoms with Crippen molar-refractivity contribution in [1.29, 1.82) is 0 Å². The zero-order valence-electron chi connectivity index (χ0n) is 16.8. The van der Waals surface area contributed by atoms with E-state index in [1.807, 2.05) is 12.1 Å². The van der Waals surface area contributed by atoms with Crippen LogP contribution in [0.2, 0.25) is 0 Å². The lowest BCUT2D eigenvalue weighted by atomic mass is 10.0. The fourth-order valence-electron chi connectivity index (χ4n) is 4.50. The predicted octanol–water partition coefficient (Wildman–Crippen LogP) is 3.33. The number of carboxylic acids is 1. The van der Waals surface area contributed by atoms with Crippen molar-refractivity contribution in [2.24, 2.45) is 16.9 Å². The molecule has 2 fully saturated rings. The van der Waals surface area contributed by atoms with Crippen molar-refractivity contribution in [3.8, 4) is 5.75 Å². The number of urea groups is 1. The number of benzene rings is 1. The van der Waals surface area contributed by atoms with Crippen molar-refractivity contribution in [3.05, 3.63) is 42.0 Å². The molecular formula is C22H27N3O4. The van der Waals surface area contributed by atoms with E-state index in [0.29, 0.717) is 37.4 Å². The Morgan fingerprint density at radius 2 is 1.93 bits per heavy atom. The Hall–Kier alpha value is -2.83. The van der Waals surface area contributed by atoms with Crippen LogP contribution in [0, 0.1) is 11.8 Å². The highest BCUT2D eigenvalue weighted by molar-refractivity contribution is 6.40. The van der Waals surface area contributed by atoms with Gasteiger partial charge in [-0.15, -0.1) is 0 Å². The van der Waals surface area contributed by atoms with Gasteiger partial charge in [-0.25, -0.2) is 14.6 Å². The standard InChI is InChI=1S/C22H27N3O4/c1-14(2)15-5-3-6-18(9-15)29-19-10-16-12-24(13-17(16)11-19)22(28)25-8-4-7-20(23-25)21(26)27/h3-7,9,14,16-17,19H,8,10-13H2,1-2H3,(H,26,27)/t16-,17+,19?. The highest BCUT2D eigenvalue weighted by atomic mass is 16.5. The van der Waals surface area contributed by atoms with E-state index < -0.39 is 5.97 Å². The van der Waals surface area contributed by atoms with E-state index in [1.54, 1.807) is 11.0 Å². The fraction of sp³-hybridized carbons (Fsp3) is 0.500. The quantitative estimate of drug-likeness (QED) is 0.845. The highest BCUT2D eigenvalue weighted by Gasteiger charge is 2.44. The van der Waals surface area contributed by atoms with Gasteiger partial charge in [0.25, 0.3) is 0 Å². The lowest BCUT2D eigenvalue weighted by Crippen LogP contribution is -2.42. The second kappa shape index (κ2) is 7.89. The summed E-state index contributed by atoms with van der Waals surface area (Å²) >= 11 is 0. The Kier molecular flexibility index (Phi) is 5.30. The van der Waals surface area contributed by atoms with Crippen LogP contribution in [0.25, 0.3) is 0 Å². The number of nitrogens with zero attached hydrogens (tertiary/aromatic N) is 3. The Morgan fingerprint density at radius 1 is 1.21 bits per heavy atom. The summed E-state index contributed by atoms with van der Waals surface area (Å²) in [6.45, 7) is 6.00. The zero-order chi connectivity index (χ0) is 20.5. The smallest absolute Gasteiger partial charge is 0.356 e. The molecule has 2 aliphatic heterocycles. The van der Waals surface area contributed by atoms with Crippen LogP contribution < -0.4 is 4.74 Å². The lowest BCUT2D eigenvalue weighted by Gasteiger charge is -2.26. The molecule has 154 valence electrons. The van der Waals surface area contributed by atoms with E-state index in [0.717, 1.165) is 18.6 Å². The molecule has 7 nitrogen and oxygen atoms in total. The number of ether oxygens (including phenoxy) is 1. The number of hydrazone groups is 1. The third kappa shape index (κ3) is 4.13. The van der Waals surface area contributed by atoms with Crippen LogP contribution in [0.15, 0.2) is 41.5 Å². The van der Waals surface area contributed by atoms with Crippen LogP contribution in [0.3, 0.4) is 0 Å². The van der Waals surface area contributed by atoms with E-state index in [1.165, 1.54) is 16.6 Å². The maximum Gasteiger partial charge on any atom is 0.356 e. The summed E-state index contributed by atoms with van der Waals surface area (Å²) < 4.78 is 6.24. The van der Waals surface area contributed by atoms with E-state index in [4.69, 9.17) is 9.84 Å². The molecule has 0 aromatic heterocycles. The maximum atomic E-state index is 12.8. The molecule has 1 N–H and O–H groups in total. The number of likely N-dealkylation sites (tertiary alicyclic amines) is 1. The first-order valence-electron chi connectivity index (χ1n) is 10.2. The topological polar surface area (TPSA) is 82.4 Å². The molecule has 1 aliphatic carbocycles. The van der Waals surface area contributed by atoms with Gasteiger partial charge in [0, 0.05) is 13.1 Å². The number of carbonyl (C=O) groups excluding carboxylic acids is 1. The SMILES string of the molecule is CC(C)c1cccc(OC2C[C@@H]3CN(C(=O)N4CC=CC(C(=O)O)=N4)C[C@@H]3C2)c1. The minimum atomic E-state index is -1.13. The molecule has 1 unspecified atom stereocenters. The third-order valence-corrected chi connectivity index (χ3v) is 6.03. The third-order valence-electron chi connectivity index (χ3n) is 6.03. The molecule has 4 rings (SSSR count). The Balaban J connectivity index is 1.33. The van der Waals surface area contributed by atoms with Gasteiger partial charge < -0.3 is 14.7 Å². The van der Waals surface area contributed by atoms with Gasteiger partial charge in [-0.3, -0.25) is 0 Å². The van der Waals surface area contributed by atoms with E-state index in [-0.39, 0.29) is 17.8 Å². The molecule has 3 aliphatic rings. The number of carbonyl (C=O) groups is 2. The first-order chi connectivity index (χ1) is 13.9. The Morgan fingerprint density at radius 3 is 2.59 bits per heavy atom. The molecular weight excluding hydrogens is 370 g/mol. The molecule has 1 aromatic rings. The Bertz CT molecular complexity index is 849. The van der Waals surface area contributed by atoms with Gasteiger partial charge in [-0.1, -0.05) is 32.1 Å². The van der Waals surface area contributed by atoms with E-state index >= 15 is 0 Å². The van der Waals surface area contributed by atoms with Gasteiger partial charge in [-0.2, -0.15) is 5.10 Å². The summed E-state index contributed by atoms with van der Waals surface area (Å²) in [5, 5.41) is 14.3. The average molecular weight is 397 g/mol. The zero-order valence-corrected chi connectivity index (χ0v) is 16.8. The first kappa shape index (κ1) is 19.5. The van der Waals surface area contributed by atoms with Crippen molar-refractivity contribution in [2.45, 2.75) is 38.7 Å². The summed E-state index contributed by atoms with van der Waals surface area (Å²) in [6.07, 6.45) is 5.13. The monoisotopic (exact) mass is 397 g/mol. The van der Waals surface area contributed by atoms with Crippen LogP contribution in [0.4, 0.5) is 4.79 Å². The van der Waals surface area contributed by atoms with Gasteiger partial charge in [0.2, 0.25) is 0 Å². The van der Waals surface area contributed by atoms with Crippen LogP contribution >= 0.6 is 0 Å². The van der Waals surface area contributed by atoms with Crippen LogP contribution in [0.5, 0.6) is 5.75 Å². The van der Waals surface area contributed by atoms with Gasteiger partial charge in [0.1, 0.15) is 5.75 Å². The van der Waals surface area contributed by atoms with Crippen molar-refractivity contribution in [2.75, 3.05) is 19.6 Å². The summed E-state index contributed by atoms with van der Waals surface area (Å²) in [6, 6.07) is 8.08. The van der Waals surface area contributed by atoms with Crippen molar-refractivity contribution >= 4 is 17.7 Å².